The lowest BCUT2D eigenvalue weighted by molar-refractivity contribution is -0.384. The number of hydrogen-bond donors (Lipinski definition) is 2. The summed E-state index contributed by atoms with van der Waals surface area (Å²) >= 11 is 0. The van der Waals surface area contributed by atoms with Gasteiger partial charge >= 0.3 is 0 Å². The van der Waals surface area contributed by atoms with Crippen LogP contribution < -0.4 is 11.1 Å². The minimum Gasteiger partial charge on any atom is -0.393 e. The highest BCUT2D eigenvalue weighted by Gasteiger charge is 2.39. The molecular formula is C15H21ClN4O3. The zero-order chi connectivity index (χ0) is 15.9. The molecule has 0 radical (unpaired) electrons. The highest BCUT2D eigenvalue weighted by Crippen LogP contribution is 2.33. The molecule has 126 valence electrons. The molecule has 2 fully saturated rings. The lowest BCUT2D eigenvalue weighted by atomic mass is 10.0. The zero-order valence-corrected chi connectivity index (χ0v) is 13.8. The van der Waals surface area contributed by atoms with Crippen LogP contribution >= 0.6 is 12.4 Å². The first kappa shape index (κ1) is 17.5. The molecule has 23 heavy (non-hydrogen) atoms. The van der Waals surface area contributed by atoms with Crippen LogP contribution in [0.1, 0.15) is 35.2 Å². The third-order valence-electron chi connectivity index (χ3n) is 4.62. The van der Waals surface area contributed by atoms with Gasteiger partial charge in [0.25, 0.3) is 11.6 Å². The molecule has 1 aromatic carbocycles. The number of nitrogens with two attached hydrogens (primary N) is 1. The SMILES string of the molecule is Cc1cc(C(=O)N2C3CCNCC2CC3)c(N)c([N+](=O)[O-])c1.Cl. The Morgan fingerprint density at radius 3 is 2.74 bits per heavy atom. The Hall–Kier alpha value is -1.86. The lowest BCUT2D eigenvalue weighted by Gasteiger charge is -2.28. The molecule has 1 aromatic rings. The van der Waals surface area contributed by atoms with E-state index in [4.69, 9.17) is 5.73 Å². The van der Waals surface area contributed by atoms with Crippen molar-refractivity contribution in [2.45, 2.75) is 38.3 Å². The van der Waals surface area contributed by atoms with E-state index in [1.54, 1.807) is 13.0 Å². The number of anilines is 1. The Balaban J connectivity index is 0.00000192. The van der Waals surface area contributed by atoms with Crippen LogP contribution in [0.15, 0.2) is 12.1 Å². The summed E-state index contributed by atoms with van der Waals surface area (Å²) < 4.78 is 0. The first-order valence-corrected chi connectivity index (χ1v) is 7.57. The smallest absolute Gasteiger partial charge is 0.293 e. The van der Waals surface area contributed by atoms with Crippen LogP contribution in [0, 0.1) is 17.0 Å². The van der Waals surface area contributed by atoms with E-state index in [0.717, 1.165) is 32.4 Å². The third-order valence-corrected chi connectivity index (χ3v) is 4.62. The van der Waals surface area contributed by atoms with Gasteiger partial charge in [-0.15, -0.1) is 12.4 Å². The average molecular weight is 341 g/mol. The molecular weight excluding hydrogens is 320 g/mol. The van der Waals surface area contributed by atoms with E-state index in [-0.39, 0.29) is 47.3 Å². The summed E-state index contributed by atoms with van der Waals surface area (Å²) in [5.41, 5.74) is 6.61. The highest BCUT2D eigenvalue weighted by atomic mass is 35.5. The average Bonchev–Trinajstić information content (AvgIpc) is 2.73. The monoisotopic (exact) mass is 340 g/mol. The van der Waals surface area contributed by atoms with Crippen LogP contribution in [0.4, 0.5) is 11.4 Å². The van der Waals surface area contributed by atoms with Crippen molar-refractivity contribution in [1.82, 2.24) is 10.2 Å². The van der Waals surface area contributed by atoms with E-state index >= 15 is 0 Å². The molecule has 2 heterocycles. The number of amides is 1. The number of nitro groups is 1. The second-order valence-electron chi connectivity index (χ2n) is 6.09. The van der Waals surface area contributed by atoms with Crippen LogP contribution in [0.25, 0.3) is 0 Å². The number of nitro benzene ring substituents is 1. The molecule has 2 atom stereocenters. The van der Waals surface area contributed by atoms with Gasteiger partial charge in [-0.05, 0) is 44.4 Å². The molecule has 0 aliphatic carbocycles. The summed E-state index contributed by atoms with van der Waals surface area (Å²) in [6.07, 6.45) is 2.87. The number of aryl methyl sites for hydroxylation is 1. The summed E-state index contributed by atoms with van der Waals surface area (Å²) in [4.78, 5) is 25.4. The van der Waals surface area contributed by atoms with E-state index in [1.807, 2.05) is 4.90 Å². The third kappa shape index (κ3) is 3.11. The van der Waals surface area contributed by atoms with Gasteiger partial charge in [-0.25, -0.2) is 0 Å². The van der Waals surface area contributed by atoms with Gasteiger partial charge in [0.2, 0.25) is 0 Å². The van der Waals surface area contributed by atoms with E-state index < -0.39 is 4.92 Å². The van der Waals surface area contributed by atoms with Gasteiger partial charge in [-0.1, -0.05) is 0 Å². The fourth-order valence-electron chi connectivity index (χ4n) is 3.56. The van der Waals surface area contributed by atoms with Gasteiger partial charge < -0.3 is 16.0 Å². The molecule has 1 amide bonds. The van der Waals surface area contributed by atoms with Gasteiger partial charge in [0.1, 0.15) is 5.69 Å². The highest BCUT2D eigenvalue weighted by molar-refractivity contribution is 6.01. The maximum Gasteiger partial charge on any atom is 0.293 e. The second-order valence-corrected chi connectivity index (χ2v) is 6.09. The van der Waals surface area contributed by atoms with Crippen LogP contribution in [-0.4, -0.2) is 40.9 Å². The minimum atomic E-state index is -0.530. The largest absolute Gasteiger partial charge is 0.393 e. The minimum absolute atomic E-state index is 0. The van der Waals surface area contributed by atoms with Gasteiger partial charge in [-0.3, -0.25) is 14.9 Å². The Morgan fingerprint density at radius 2 is 2.04 bits per heavy atom. The number of benzene rings is 1. The van der Waals surface area contributed by atoms with E-state index in [1.165, 1.54) is 6.07 Å². The first-order chi connectivity index (χ1) is 10.5. The quantitative estimate of drug-likeness (QED) is 0.486. The molecule has 2 bridgehead atoms. The number of carbonyl (C=O) groups is 1. The van der Waals surface area contributed by atoms with E-state index in [9.17, 15) is 14.9 Å². The van der Waals surface area contributed by atoms with Crippen molar-refractivity contribution in [2.24, 2.45) is 0 Å². The van der Waals surface area contributed by atoms with Crippen molar-refractivity contribution in [2.75, 3.05) is 18.8 Å². The molecule has 3 N–H and O–H groups in total. The lowest BCUT2D eigenvalue weighted by Crippen LogP contribution is -2.42. The number of nitrogen functional groups attached to an aromatic ring is 1. The standard InChI is InChI=1S/C15H20N4O3.ClH/c1-9-6-12(14(16)13(7-9)19(21)22)15(20)18-10-2-3-11(18)8-17-5-4-10;/h6-7,10-11,17H,2-5,8,16H2,1H3;1H. The predicted molar refractivity (Wildman–Crippen MR) is 90.0 cm³/mol. The molecule has 3 rings (SSSR count). The molecule has 2 saturated heterocycles. The Kier molecular flexibility index (Phi) is 5.11. The van der Waals surface area contributed by atoms with Gasteiger partial charge in [0, 0.05) is 24.7 Å². The fourth-order valence-corrected chi connectivity index (χ4v) is 3.56. The number of carbonyl (C=O) groups excluding carboxylic acids is 1. The van der Waals surface area contributed by atoms with Crippen molar-refractivity contribution in [3.8, 4) is 0 Å². The molecule has 0 spiro atoms. The summed E-state index contributed by atoms with van der Waals surface area (Å²) in [5, 5.41) is 14.4. The van der Waals surface area contributed by atoms with Crippen LogP contribution in [0.3, 0.4) is 0 Å². The predicted octanol–water partition coefficient (Wildman–Crippen LogP) is 1.87. The number of fused-ring (bicyclic) bond motifs is 2. The maximum absolute atomic E-state index is 13.0. The van der Waals surface area contributed by atoms with Crippen LogP contribution in [0.5, 0.6) is 0 Å². The number of nitrogens with one attached hydrogen (secondary N) is 1. The molecule has 2 unspecified atom stereocenters. The molecule has 0 aromatic heterocycles. The molecule has 0 saturated carbocycles. The van der Waals surface area contributed by atoms with Crippen LogP contribution in [0.2, 0.25) is 0 Å². The Bertz CT molecular complexity index is 623. The van der Waals surface area contributed by atoms with E-state index in [2.05, 4.69) is 5.32 Å². The maximum atomic E-state index is 13.0. The first-order valence-electron chi connectivity index (χ1n) is 7.57. The number of hydrogen-bond acceptors (Lipinski definition) is 5. The van der Waals surface area contributed by atoms with Crippen molar-refractivity contribution in [3.05, 3.63) is 33.4 Å². The van der Waals surface area contributed by atoms with E-state index in [0.29, 0.717) is 5.56 Å². The second kappa shape index (κ2) is 6.72. The van der Waals surface area contributed by atoms with Crippen molar-refractivity contribution >= 4 is 29.7 Å². The Morgan fingerprint density at radius 1 is 1.35 bits per heavy atom. The summed E-state index contributed by atoms with van der Waals surface area (Å²) in [5.74, 6) is -0.180. The van der Waals surface area contributed by atoms with Crippen molar-refractivity contribution in [3.63, 3.8) is 0 Å². The molecule has 2 aliphatic rings. The summed E-state index contributed by atoms with van der Waals surface area (Å²) in [7, 11) is 0. The Labute approximate surface area is 140 Å². The number of rotatable bonds is 2. The fraction of sp³-hybridized carbons (Fsp3) is 0.533. The van der Waals surface area contributed by atoms with Crippen molar-refractivity contribution < 1.29 is 9.72 Å². The summed E-state index contributed by atoms with van der Waals surface area (Å²) in [6.45, 7) is 3.41. The summed E-state index contributed by atoms with van der Waals surface area (Å²) in [6, 6.07) is 3.41. The van der Waals surface area contributed by atoms with Crippen molar-refractivity contribution in [1.29, 1.82) is 0 Å². The molecule has 2 aliphatic heterocycles. The van der Waals surface area contributed by atoms with Gasteiger partial charge in [0.15, 0.2) is 0 Å². The number of halogens is 1. The topological polar surface area (TPSA) is 102 Å². The number of nitrogens with zero attached hydrogens (tertiary/aromatic N) is 2. The van der Waals surface area contributed by atoms with Gasteiger partial charge in [-0.2, -0.15) is 0 Å². The van der Waals surface area contributed by atoms with Crippen LogP contribution in [-0.2, 0) is 0 Å². The van der Waals surface area contributed by atoms with Gasteiger partial charge in [0.05, 0.1) is 10.5 Å². The molecule has 7 nitrogen and oxygen atoms in total. The zero-order valence-electron chi connectivity index (χ0n) is 12.9. The molecule has 8 heteroatoms. The normalized spacial score (nSPS) is 23.1.